The highest BCUT2D eigenvalue weighted by Crippen LogP contribution is 2.59. The Morgan fingerprint density at radius 2 is 1.73 bits per heavy atom. The molecular weight excluding hydrogens is 424 g/mol. The van der Waals surface area contributed by atoms with Crippen molar-refractivity contribution in [3.8, 4) is 0 Å². The third-order valence-electron chi connectivity index (χ3n) is 6.53. The Hall–Kier alpha value is -2.48. The van der Waals surface area contributed by atoms with Crippen LogP contribution in [0.5, 0.6) is 0 Å². The van der Waals surface area contributed by atoms with Gasteiger partial charge in [-0.25, -0.2) is 9.59 Å². The third kappa shape index (κ3) is 6.31. The lowest BCUT2D eigenvalue weighted by atomic mass is 9.68. The average Bonchev–Trinajstić information content (AvgIpc) is 3.67. The highest BCUT2D eigenvalue weighted by atomic mass is 16.6. The lowest BCUT2D eigenvalue weighted by Gasteiger charge is -2.42. The van der Waals surface area contributed by atoms with Gasteiger partial charge in [-0.15, -0.1) is 0 Å². The number of hydrogen-bond acceptors (Lipinski definition) is 6. The number of epoxide rings is 2. The van der Waals surface area contributed by atoms with Crippen molar-refractivity contribution in [2.75, 3.05) is 13.7 Å². The quantitative estimate of drug-likeness (QED) is 0.174. The molecule has 0 radical (unpaired) electrons. The zero-order valence-electron chi connectivity index (χ0n) is 19.7. The van der Waals surface area contributed by atoms with E-state index in [0.29, 0.717) is 13.0 Å². The molecule has 1 saturated carbocycles. The predicted octanol–water partition coefficient (Wildman–Crippen LogP) is 3.92. The summed E-state index contributed by atoms with van der Waals surface area (Å²) in [6.07, 6.45) is 16.0. The van der Waals surface area contributed by atoms with Crippen LogP contribution in [0.4, 0.5) is 0 Å². The number of esters is 1. The van der Waals surface area contributed by atoms with Crippen LogP contribution in [0.1, 0.15) is 40.0 Å². The maximum Gasteiger partial charge on any atom is 0.331 e. The number of hydrogen-bond donors (Lipinski definition) is 1. The van der Waals surface area contributed by atoms with Crippen molar-refractivity contribution in [2.24, 2.45) is 5.92 Å². The number of carbonyl (C=O) groups excluding carboxylic acids is 1. The van der Waals surface area contributed by atoms with Gasteiger partial charge in [0.15, 0.2) is 0 Å². The van der Waals surface area contributed by atoms with Crippen LogP contribution in [0.25, 0.3) is 0 Å². The minimum absolute atomic E-state index is 0.00928. The molecule has 0 unspecified atom stereocenters. The molecule has 2 aliphatic heterocycles. The molecule has 1 spiro atoms. The van der Waals surface area contributed by atoms with E-state index >= 15 is 0 Å². The minimum Gasteiger partial charge on any atom is -0.478 e. The summed E-state index contributed by atoms with van der Waals surface area (Å²) >= 11 is 0. The largest absolute Gasteiger partial charge is 0.478 e. The van der Waals surface area contributed by atoms with Crippen molar-refractivity contribution in [3.63, 3.8) is 0 Å². The van der Waals surface area contributed by atoms with Gasteiger partial charge in [-0.1, -0.05) is 48.1 Å². The number of methoxy groups -OCH3 is 1. The van der Waals surface area contributed by atoms with Crippen molar-refractivity contribution in [1.29, 1.82) is 0 Å². The standard InChI is InChI=1S/C26H34O7/c1-18(2)13-14-20-25(3,33-20)24-23(30-4)19(15-16-26(24)17-31-26)32-22(29)12-10-8-6-5-7-9-11-21(27)28/h5-13,19-20,23-24H,14-17H2,1-4H3,(H,27,28)/b7-5-,8-6-,11-9-,12-10+/t19-,20-,23-,24+,25-,26-/m1/s1. The van der Waals surface area contributed by atoms with Crippen molar-refractivity contribution in [1.82, 2.24) is 0 Å². The number of ether oxygens (including phenoxy) is 4. The van der Waals surface area contributed by atoms with Crippen molar-refractivity contribution >= 4 is 11.9 Å². The van der Waals surface area contributed by atoms with E-state index in [1.54, 1.807) is 37.5 Å². The zero-order valence-corrected chi connectivity index (χ0v) is 19.7. The molecule has 7 heteroatoms. The molecule has 0 aromatic heterocycles. The van der Waals surface area contributed by atoms with E-state index in [2.05, 4.69) is 26.8 Å². The average molecular weight is 459 g/mol. The summed E-state index contributed by atoms with van der Waals surface area (Å²) in [6, 6.07) is 0. The number of carboxylic acids is 1. The highest BCUT2D eigenvalue weighted by Gasteiger charge is 2.72. The lowest BCUT2D eigenvalue weighted by Crippen LogP contribution is -2.55. The van der Waals surface area contributed by atoms with Gasteiger partial charge in [-0.2, -0.15) is 0 Å². The number of rotatable bonds is 10. The van der Waals surface area contributed by atoms with E-state index < -0.39 is 11.9 Å². The summed E-state index contributed by atoms with van der Waals surface area (Å²) in [6.45, 7) is 6.96. The van der Waals surface area contributed by atoms with Gasteiger partial charge in [0.25, 0.3) is 0 Å². The Balaban J connectivity index is 1.59. The first-order valence-corrected chi connectivity index (χ1v) is 11.3. The predicted molar refractivity (Wildman–Crippen MR) is 124 cm³/mol. The van der Waals surface area contributed by atoms with Gasteiger partial charge < -0.3 is 24.1 Å². The maximum absolute atomic E-state index is 12.4. The van der Waals surface area contributed by atoms with E-state index in [1.165, 1.54) is 17.7 Å². The third-order valence-corrected chi connectivity index (χ3v) is 6.53. The number of carboxylic acid groups (broad SMARTS) is 1. The van der Waals surface area contributed by atoms with Crippen molar-refractivity contribution < 1.29 is 33.6 Å². The topological polar surface area (TPSA) is 97.9 Å². The van der Waals surface area contributed by atoms with Crippen LogP contribution in [0.3, 0.4) is 0 Å². The van der Waals surface area contributed by atoms with Gasteiger partial charge in [0.2, 0.25) is 0 Å². The summed E-state index contributed by atoms with van der Waals surface area (Å²) in [5.41, 5.74) is 0.642. The van der Waals surface area contributed by atoms with Crippen LogP contribution < -0.4 is 0 Å². The number of carbonyl (C=O) groups is 2. The van der Waals surface area contributed by atoms with E-state index in [1.807, 2.05) is 0 Å². The fraction of sp³-hybridized carbons (Fsp3) is 0.538. The Morgan fingerprint density at radius 1 is 1.09 bits per heavy atom. The second-order valence-corrected chi connectivity index (χ2v) is 9.18. The Morgan fingerprint density at radius 3 is 2.30 bits per heavy atom. The van der Waals surface area contributed by atoms with Gasteiger partial charge in [-0.05, 0) is 40.0 Å². The molecule has 1 N–H and O–H groups in total. The van der Waals surface area contributed by atoms with Gasteiger partial charge in [-0.3, -0.25) is 0 Å². The van der Waals surface area contributed by atoms with Crippen molar-refractivity contribution in [3.05, 3.63) is 60.3 Å². The van der Waals surface area contributed by atoms with Crippen LogP contribution >= 0.6 is 0 Å². The molecule has 2 saturated heterocycles. The molecular formula is C26H34O7. The number of aliphatic carboxylic acids is 1. The molecule has 2 heterocycles. The van der Waals surface area contributed by atoms with Crippen LogP contribution in [-0.2, 0) is 28.5 Å². The fourth-order valence-electron chi connectivity index (χ4n) is 4.79. The van der Waals surface area contributed by atoms with Gasteiger partial charge in [0.05, 0.1) is 18.6 Å². The van der Waals surface area contributed by atoms with Gasteiger partial charge >= 0.3 is 11.9 Å². The molecule has 1 aliphatic carbocycles. The molecule has 180 valence electrons. The summed E-state index contributed by atoms with van der Waals surface area (Å²) in [7, 11) is 1.65. The molecule has 33 heavy (non-hydrogen) atoms. The minimum atomic E-state index is -1.00. The Kier molecular flexibility index (Phi) is 8.10. The molecule has 3 fully saturated rings. The Bertz CT molecular complexity index is 873. The summed E-state index contributed by atoms with van der Waals surface area (Å²) in [4.78, 5) is 22.8. The van der Waals surface area contributed by atoms with Crippen LogP contribution in [-0.4, -0.2) is 60.3 Å². The summed E-state index contributed by atoms with van der Waals surface area (Å²) in [5, 5.41) is 8.51. The number of allylic oxidation sites excluding steroid dienone is 7. The molecule has 6 atom stereocenters. The molecule has 3 aliphatic rings. The highest BCUT2D eigenvalue weighted by molar-refractivity contribution is 5.82. The van der Waals surface area contributed by atoms with E-state index in [4.69, 9.17) is 24.1 Å². The summed E-state index contributed by atoms with van der Waals surface area (Å²) in [5.74, 6) is -1.45. The Labute approximate surface area is 195 Å². The molecule has 0 aromatic carbocycles. The first-order valence-electron chi connectivity index (χ1n) is 11.3. The van der Waals surface area contributed by atoms with Crippen molar-refractivity contribution in [2.45, 2.75) is 69.5 Å². The molecule has 0 bridgehead atoms. The van der Waals surface area contributed by atoms with Crippen LogP contribution in [0, 0.1) is 5.92 Å². The molecule has 0 amide bonds. The van der Waals surface area contributed by atoms with E-state index in [-0.39, 0.29) is 35.4 Å². The van der Waals surface area contributed by atoms with Gasteiger partial charge in [0.1, 0.15) is 23.4 Å². The van der Waals surface area contributed by atoms with Crippen LogP contribution in [0.2, 0.25) is 0 Å². The van der Waals surface area contributed by atoms with Crippen LogP contribution in [0.15, 0.2) is 60.3 Å². The van der Waals surface area contributed by atoms with E-state index in [0.717, 1.165) is 18.9 Å². The first-order chi connectivity index (χ1) is 15.7. The zero-order chi connectivity index (χ0) is 24.1. The second-order valence-electron chi connectivity index (χ2n) is 9.18. The lowest BCUT2D eigenvalue weighted by molar-refractivity contribution is -0.166. The van der Waals surface area contributed by atoms with E-state index in [9.17, 15) is 9.59 Å². The smallest absolute Gasteiger partial charge is 0.331 e. The normalized spacial score (nSPS) is 35.6. The SMILES string of the molecule is CO[C@H]1[C@@H]([C@]2(C)O[C@@H]2CC=C(C)C)[C@@]2(CC[C@H]1OC(=O)/C=C/C=C\C=C/C=C\C(=O)O)CO2. The molecule has 0 aromatic rings. The first kappa shape index (κ1) is 25.1. The molecule has 7 nitrogen and oxygen atoms in total. The summed E-state index contributed by atoms with van der Waals surface area (Å²) < 4.78 is 23.8. The maximum atomic E-state index is 12.4. The van der Waals surface area contributed by atoms with Gasteiger partial charge in [0, 0.05) is 19.3 Å². The monoisotopic (exact) mass is 458 g/mol. The molecule has 3 rings (SSSR count). The second kappa shape index (κ2) is 10.6. The fourth-order valence-corrected chi connectivity index (χ4v) is 4.79.